The highest BCUT2D eigenvalue weighted by atomic mass is 16.2. The van der Waals surface area contributed by atoms with Crippen LogP contribution in [0.25, 0.3) is 0 Å². The summed E-state index contributed by atoms with van der Waals surface area (Å²) in [5, 5.41) is 5.73. The van der Waals surface area contributed by atoms with Crippen LogP contribution in [0.5, 0.6) is 0 Å². The zero-order chi connectivity index (χ0) is 12.4. The minimum Gasteiger partial charge on any atom is -0.357 e. The molecule has 1 aromatic rings. The van der Waals surface area contributed by atoms with Crippen molar-refractivity contribution in [3.05, 3.63) is 47.8 Å². The second-order valence-corrected chi connectivity index (χ2v) is 4.89. The summed E-state index contributed by atoms with van der Waals surface area (Å²) < 4.78 is 0. The molecule has 2 rings (SSSR count). The third-order valence-corrected chi connectivity index (χ3v) is 2.78. The molecule has 1 amide bonds. The number of benzene rings is 1. The average Bonchev–Trinajstić information content (AvgIpc) is 2.57. The summed E-state index contributed by atoms with van der Waals surface area (Å²) in [4.78, 5) is 11.7. The topological polar surface area (TPSA) is 41.1 Å². The molecular weight excluding hydrogens is 212 g/mol. The van der Waals surface area contributed by atoms with Gasteiger partial charge in [-0.05, 0) is 23.5 Å². The van der Waals surface area contributed by atoms with Gasteiger partial charge < -0.3 is 10.6 Å². The van der Waals surface area contributed by atoms with Crippen LogP contribution in [0.3, 0.4) is 0 Å². The van der Waals surface area contributed by atoms with Gasteiger partial charge in [0.05, 0.1) is 5.82 Å². The molecule has 0 aliphatic carbocycles. The molecule has 1 fully saturated rings. The molecule has 1 heterocycles. The van der Waals surface area contributed by atoms with Crippen LogP contribution in [-0.2, 0) is 11.2 Å². The van der Waals surface area contributed by atoms with Crippen LogP contribution in [0.15, 0.2) is 36.7 Å². The van der Waals surface area contributed by atoms with Crippen LogP contribution >= 0.6 is 0 Å². The van der Waals surface area contributed by atoms with E-state index in [2.05, 4.69) is 43.2 Å². The third kappa shape index (κ3) is 2.67. The Labute approximate surface area is 102 Å². The van der Waals surface area contributed by atoms with Gasteiger partial charge in [-0.25, -0.2) is 0 Å². The van der Waals surface area contributed by atoms with Crippen molar-refractivity contribution >= 4 is 5.91 Å². The van der Waals surface area contributed by atoms with E-state index in [1.165, 1.54) is 5.56 Å². The van der Waals surface area contributed by atoms with Gasteiger partial charge >= 0.3 is 0 Å². The van der Waals surface area contributed by atoms with E-state index in [-0.39, 0.29) is 11.9 Å². The Kier molecular flexibility index (Phi) is 3.18. The summed E-state index contributed by atoms with van der Waals surface area (Å²) in [6.07, 6.45) is 1.03. The highest BCUT2D eigenvalue weighted by Crippen LogP contribution is 2.20. The smallest absolute Gasteiger partial charge is 0.252 e. The van der Waals surface area contributed by atoms with Gasteiger partial charge in [0, 0.05) is 0 Å². The molecule has 0 saturated carbocycles. The maximum absolute atomic E-state index is 11.7. The summed E-state index contributed by atoms with van der Waals surface area (Å²) in [5.41, 5.74) is 2.27. The van der Waals surface area contributed by atoms with Gasteiger partial charge in [0.15, 0.2) is 0 Å². The fourth-order valence-corrected chi connectivity index (χ4v) is 2.10. The first kappa shape index (κ1) is 11.7. The Morgan fingerprint density at radius 1 is 1.41 bits per heavy atom. The molecule has 0 radical (unpaired) electrons. The Morgan fingerprint density at radius 3 is 2.76 bits per heavy atom. The molecule has 1 saturated heterocycles. The molecule has 90 valence electrons. The van der Waals surface area contributed by atoms with Crippen molar-refractivity contribution < 1.29 is 4.79 Å². The van der Waals surface area contributed by atoms with E-state index < -0.39 is 0 Å². The van der Waals surface area contributed by atoms with Crippen molar-refractivity contribution in [3.8, 4) is 0 Å². The molecule has 1 atom stereocenters. The van der Waals surface area contributed by atoms with Gasteiger partial charge in [-0.2, -0.15) is 0 Å². The van der Waals surface area contributed by atoms with E-state index in [4.69, 9.17) is 0 Å². The second-order valence-electron chi connectivity index (χ2n) is 4.89. The minimum absolute atomic E-state index is 0.0308. The predicted octanol–water partition coefficient (Wildman–Crippen LogP) is 2.12. The van der Waals surface area contributed by atoms with Gasteiger partial charge in [0.1, 0.15) is 6.04 Å². The highest BCUT2D eigenvalue weighted by molar-refractivity contribution is 5.87. The normalized spacial score (nSPS) is 19.4. The third-order valence-electron chi connectivity index (χ3n) is 2.78. The van der Waals surface area contributed by atoms with Crippen LogP contribution in [0.1, 0.15) is 31.0 Å². The summed E-state index contributed by atoms with van der Waals surface area (Å²) in [5.74, 6) is 1.16. The average molecular weight is 230 g/mol. The monoisotopic (exact) mass is 230 g/mol. The molecule has 17 heavy (non-hydrogen) atoms. The molecule has 0 spiro atoms. The first-order valence-corrected chi connectivity index (χ1v) is 5.91. The Bertz CT molecular complexity index is 451. The SMILES string of the molecule is C=C1NC(=O)C(c2cccc(CC(C)C)c2)N1. The molecule has 1 aromatic carbocycles. The van der Waals surface area contributed by atoms with Crippen molar-refractivity contribution in [3.63, 3.8) is 0 Å². The quantitative estimate of drug-likeness (QED) is 0.835. The Morgan fingerprint density at radius 2 is 2.18 bits per heavy atom. The van der Waals surface area contributed by atoms with Gasteiger partial charge in [0.2, 0.25) is 0 Å². The molecule has 1 aliphatic rings. The first-order valence-electron chi connectivity index (χ1n) is 5.91. The van der Waals surface area contributed by atoms with E-state index in [1.54, 1.807) is 0 Å². The van der Waals surface area contributed by atoms with Gasteiger partial charge in [-0.3, -0.25) is 4.79 Å². The fraction of sp³-hybridized carbons (Fsp3) is 0.357. The van der Waals surface area contributed by atoms with Crippen LogP contribution < -0.4 is 10.6 Å². The van der Waals surface area contributed by atoms with E-state index in [0.29, 0.717) is 11.7 Å². The van der Waals surface area contributed by atoms with Crippen molar-refractivity contribution in [2.24, 2.45) is 5.92 Å². The number of carbonyl (C=O) groups is 1. The minimum atomic E-state index is -0.297. The molecule has 0 aromatic heterocycles. The number of amides is 1. The van der Waals surface area contributed by atoms with Crippen LogP contribution in [0.2, 0.25) is 0 Å². The van der Waals surface area contributed by atoms with Crippen molar-refractivity contribution in [2.75, 3.05) is 0 Å². The Hall–Kier alpha value is -1.77. The maximum Gasteiger partial charge on any atom is 0.252 e. The summed E-state index contributed by atoms with van der Waals surface area (Å²) in [7, 11) is 0. The van der Waals surface area contributed by atoms with Crippen molar-refractivity contribution in [2.45, 2.75) is 26.3 Å². The number of hydrogen-bond acceptors (Lipinski definition) is 2. The largest absolute Gasteiger partial charge is 0.357 e. The zero-order valence-corrected chi connectivity index (χ0v) is 10.3. The molecule has 1 aliphatic heterocycles. The molecule has 3 heteroatoms. The molecule has 3 nitrogen and oxygen atoms in total. The summed E-state index contributed by atoms with van der Waals surface area (Å²) >= 11 is 0. The lowest BCUT2D eigenvalue weighted by atomic mass is 9.98. The van der Waals surface area contributed by atoms with E-state index in [1.807, 2.05) is 12.1 Å². The zero-order valence-electron chi connectivity index (χ0n) is 10.3. The van der Waals surface area contributed by atoms with Gasteiger partial charge in [0.25, 0.3) is 5.91 Å². The van der Waals surface area contributed by atoms with E-state index >= 15 is 0 Å². The van der Waals surface area contributed by atoms with Gasteiger partial charge in [-0.1, -0.05) is 44.7 Å². The number of hydrogen-bond donors (Lipinski definition) is 2. The molecule has 0 bridgehead atoms. The molecular formula is C14H18N2O. The van der Waals surface area contributed by atoms with Crippen LogP contribution in [0, 0.1) is 5.92 Å². The lowest BCUT2D eigenvalue weighted by Gasteiger charge is -2.11. The number of nitrogens with one attached hydrogen (secondary N) is 2. The lowest BCUT2D eigenvalue weighted by Crippen LogP contribution is -2.19. The van der Waals surface area contributed by atoms with Crippen LogP contribution in [0.4, 0.5) is 0 Å². The lowest BCUT2D eigenvalue weighted by molar-refractivity contribution is -0.120. The molecule has 1 unspecified atom stereocenters. The fourth-order valence-electron chi connectivity index (χ4n) is 2.10. The van der Waals surface area contributed by atoms with Crippen molar-refractivity contribution in [1.29, 1.82) is 0 Å². The standard InChI is InChI=1S/C14H18N2O/c1-9(2)7-11-5-4-6-12(8-11)13-14(17)16-10(3)15-13/h4-6,8-9,13,15H,3,7H2,1-2H3,(H,16,17). The summed E-state index contributed by atoms with van der Waals surface area (Å²) in [6, 6.07) is 7.87. The van der Waals surface area contributed by atoms with Crippen LogP contribution in [-0.4, -0.2) is 5.91 Å². The maximum atomic E-state index is 11.7. The van der Waals surface area contributed by atoms with E-state index in [9.17, 15) is 4.79 Å². The first-order chi connectivity index (χ1) is 8.06. The summed E-state index contributed by atoms with van der Waals surface area (Å²) in [6.45, 7) is 8.09. The van der Waals surface area contributed by atoms with Gasteiger partial charge in [-0.15, -0.1) is 0 Å². The highest BCUT2D eigenvalue weighted by Gasteiger charge is 2.27. The second kappa shape index (κ2) is 4.62. The van der Waals surface area contributed by atoms with Crippen molar-refractivity contribution in [1.82, 2.24) is 10.6 Å². The van der Waals surface area contributed by atoms with E-state index in [0.717, 1.165) is 12.0 Å². The molecule has 2 N–H and O–H groups in total. The number of rotatable bonds is 3. The predicted molar refractivity (Wildman–Crippen MR) is 68.1 cm³/mol. The Balaban J connectivity index is 2.21. The number of carbonyl (C=O) groups excluding carboxylic acids is 1.